The first kappa shape index (κ1) is 28.8. The first-order valence-corrected chi connectivity index (χ1v) is 13.2. The molecular formula is C25H25N5O10S. The Morgan fingerprint density at radius 2 is 1.46 bits per heavy atom. The highest BCUT2D eigenvalue weighted by Crippen LogP contribution is 2.43. The van der Waals surface area contributed by atoms with Gasteiger partial charge in [0, 0.05) is 5.56 Å². The van der Waals surface area contributed by atoms with E-state index in [9.17, 15) is 33.3 Å². The summed E-state index contributed by atoms with van der Waals surface area (Å²) in [7, 11) is -2.31. The Kier molecular flexibility index (Phi) is 7.52. The number of aromatic hydroxyl groups is 3. The maximum Gasteiger partial charge on any atom is 0.282 e. The minimum Gasteiger partial charge on any atom is -0.505 e. The molecule has 0 aliphatic rings. The zero-order valence-corrected chi connectivity index (χ0v) is 23.1. The van der Waals surface area contributed by atoms with Gasteiger partial charge in [0.25, 0.3) is 27.0 Å². The van der Waals surface area contributed by atoms with Gasteiger partial charge in [-0.3, -0.25) is 14.3 Å². The van der Waals surface area contributed by atoms with Gasteiger partial charge in [-0.15, -0.1) is 0 Å². The number of aryl methyl sites for hydroxylation is 1. The molecule has 0 unspecified atom stereocenters. The summed E-state index contributed by atoms with van der Waals surface area (Å²) >= 11 is 0. The number of anilines is 1. The van der Waals surface area contributed by atoms with Gasteiger partial charge in [-0.1, -0.05) is 12.1 Å². The number of sulfonamides is 1. The number of ether oxygens (including phenoxy) is 3. The van der Waals surface area contributed by atoms with Crippen molar-refractivity contribution in [2.24, 2.45) is 0 Å². The fourth-order valence-electron chi connectivity index (χ4n) is 3.75. The summed E-state index contributed by atoms with van der Waals surface area (Å²) < 4.78 is 45.5. The molecule has 4 rings (SSSR count). The second kappa shape index (κ2) is 10.7. The van der Waals surface area contributed by atoms with Crippen molar-refractivity contribution < 1.29 is 37.9 Å². The van der Waals surface area contributed by atoms with Gasteiger partial charge < -0.3 is 39.5 Å². The van der Waals surface area contributed by atoms with Crippen molar-refractivity contribution >= 4 is 15.8 Å². The number of H-pyrrole nitrogens is 2. The Hall–Kier alpha value is -5.25. The van der Waals surface area contributed by atoms with Crippen molar-refractivity contribution in [1.29, 1.82) is 0 Å². The Morgan fingerprint density at radius 3 is 2.10 bits per heavy atom. The predicted octanol–water partition coefficient (Wildman–Crippen LogP) is 2.17. The lowest BCUT2D eigenvalue weighted by atomic mass is 10.1. The Labute approximate surface area is 232 Å². The summed E-state index contributed by atoms with van der Waals surface area (Å²) in [5.74, 6) is -3.75. The number of para-hydroxylation sites is 2. The van der Waals surface area contributed by atoms with E-state index in [1.807, 2.05) is 4.98 Å². The quantitative estimate of drug-likeness (QED) is 0.174. The van der Waals surface area contributed by atoms with E-state index in [0.29, 0.717) is 0 Å². The number of nitrogens with zero attached hydrogens (tertiary/aromatic N) is 2. The van der Waals surface area contributed by atoms with Gasteiger partial charge in [-0.05, 0) is 32.9 Å². The second-order valence-corrected chi connectivity index (χ2v) is 10.2. The molecule has 15 nitrogen and oxygen atoms in total. The van der Waals surface area contributed by atoms with Crippen LogP contribution in [0.25, 0.3) is 11.4 Å². The maximum atomic E-state index is 13.4. The lowest BCUT2D eigenvalue weighted by Crippen LogP contribution is -2.22. The first-order valence-electron chi connectivity index (χ1n) is 11.7. The molecule has 216 valence electrons. The van der Waals surface area contributed by atoms with Gasteiger partial charge in [0.1, 0.15) is 5.75 Å². The van der Waals surface area contributed by atoms with Crippen LogP contribution < -0.4 is 30.1 Å². The zero-order valence-electron chi connectivity index (χ0n) is 22.3. The van der Waals surface area contributed by atoms with Crippen LogP contribution in [0.2, 0.25) is 0 Å². The molecule has 0 saturated heterocycles. The number of aromatic amines is 2. The van der Waals surface area contributed by atoms with Crippen LogP contribution in [0, 0.1) is 20.8 Å². The van der Waals surface area contributed by atoms with E-state index in [4.69, 9.17) is 14.2 Å². The lowest BCUT2D eigenvalue weighted by molar-refractivity contribution is 0.347. The molecule has 3 aromatic heterocycles. The molecule has 0 fully saturated rings. The largest absolute Gasteiger partial charge is 0.505 e. The van der Waals surface area contributed by atoms with E-state index < -0.39 is 43.5 Å². The fraction of sp³-hybridized carbons (Fsp3) is 0.200. The molecule has 0 spiro atoms. The molecule has 0 aliphatic heterocycles. The summed E-state index contributed by atoms with van der Waals surface area (Å²) in [6.07, 6.45) is 0. The monoisotopic (exact) mass is 587 g/mol. The van der Waals surface area contributed by atoms with Gasteiger partial charge >= 0.3 is 0 Å². The SMILES string of the molecule is COc1ccccc1Oc1c(NS(=O)(=O)c2[nH]c(=O)c(C)c(O)c2O)nc(-c2c(O)c(C)[nH]c(=O)c2C)nc1OC. The van der Waals surface area contributed by atoms with E-state index >= 15 is 0 Å². The normalized spacial score (nSPS) is 11.2. The third kappa shape index (κ3) is 5.19. The number of pyridine rings is 2. The topological polar surface area (TPSA) is 226 Å². The molecule has 0 bridgehead atoms. The standard InChI is InChI=1S/C25H25N5O10S/c1-10-15(17(32)12(3)26-22(10)34)20-27-21(30-41(36,37)25-18(33)16(31)11(2)23(35)29-25)19(24(28-20)39-5)40-14-9-7-6-8-13(14)38-4/h6-9,32-33H,1-5H3,(H,26,34)(H,27,28,30)(H2,29,31,35). The van der Waals surface area contributed by atoms with Crippen LogP contribution >= 0.6 is 0 Å². The number of nitrogens with one attached hydrogen (secondary N) is 3. The Morgan fingerprint density at radius 1 is 0.829 bits per heavy atom. The summed E-state index contributed by atoms with van der Waals surface area (Å²) in [6, 6.07) is 6.35. The Bertz CT molecular complexity index is 1900. The number of aromatic nitrogens is 4. The highest BCUT2D eigenvalue weighted by molar-refractivity contribution is 7.92. The molecule has 3 heterocycles. The van der Waals surface area contributed by atoms with Crippen LogP contribution in [0.3, 0.4) is 0 Å². The highest BCUT2D eigenvalue weighted by atomic mass is 32.2. The molecule has 4 aromatic rings. The number of benzene rings is 1. The summed E-state index contributed by atoms with van der Waals surface area (Å²) in [5.41, 5.74) is -1.89. The minimum atomic E-state index is -4.90. The van der Waals surface area contributed by atoms with Crippen LogP contribution in [0.1, 0.15) is 16.8 Å². The van der Waals surface area contributed by atoms with Gasteiger partial charge in [0.05, 0.1) is 31.0 Å². The van der Waals surface area contributed by atoms with Crippen molar-refractivity contribution in [1.82, 2.24) is 19.9 Å². The molecule has 0 aliphatic carbocycles. The summed E-state index contributed by atoms with van der Waals surface area (Å²) in [6.45, 7) is 4.00. The van der Waals surface area contributed by atoms with Crippen LogP contribution in [-0.4, -0.2) is 57.9 Å². The highest BCUT2D eigenvalue weighted by Gasteiger charge is 2.30. The van der Waals surface area contributed by atoms with Crippen molar-refractivity contribution in [3.8, 4) is 51.8 Å². The molecule has 0 atom stereocenters. The molecule has 16 heteroatoms. The van der Waals surface area contributed by atoms with Crippen LogP contribution in [0.5, 0.6) is 40.4 Å². The molecule has 0 radical (unpaired) electrons. The first-order chi connectivity index (χ1) is 19.3. The Balaban J connectivity index is 2.01. The molecular weight excluding hydrogens is 562 g/mol. The van der Waals surface area contributed by atoms with Gasteiger partial charge in [-0.25, -0.2) is 4.98 Å². The summed E-state index contributed by atoms with van der Waals surface area (Å²) in [5, 5.41) is 30.1. The van der Waals surface area contributed by atoms with E-state index in [1.165, 1.54) is 41.1 Å². The zero-order chi connectivity index (χ0) is 30.2. The number of methoxy groups -OCH3 is 2. The smallest absolute Gasteiger partial charge is 0.282 e. The van der Waals surface area contributed by atoms with Crippen LogP contribution in [-0.2, 0) is 10.0 Å². The van der Waals surface area contributed by atoms with E-state index in [2.05, 4.69) is 19.7 Å². The average Bonchev–Trinajstić information content (AvgIpc) is 2.93. The van der Waals surface area contributed by atoms with Crippen LogP contribution in [0.4, 0.5) is 5.82 Å². The average molecular weight is 588 g/mol. The fourth-order valence-corrected chi connectivity index (χ4v) is 4.82. The number of hydrogen-bond acceptors (Lipinski definition) is 12. The maximum absolute atomic E-state index is 13.4. The molecule has 41 heavy (non-hydrogen) atoms. The second-order valence-electron chi connectivity index (χ2n) is 8.63. The molecule has 6 N–H and O–H groups in total. The van der Waals surface area contributed by atoms with Crippen LogP contribution in [0.15, 0.2) is 38.9 Å². The van der Waals surface area contributed by atoms with Crippen molar-refractivity contribution in [3.05, 3.63) is 61.8 Å². The van der Waals surface area contributed by atoms with Gasteiger partial charge in [-0.2, -0.15) is 13.4 Å². The lowest BCUT2D eigenvalue weighted by Gasteiger charge is -2.18. The van der Waals surface area contributed by atoms with Crippen molar-refractivity contribution in [2.75, 3.05) is 18.9 Å². The predicted molar refractivity (Wildman–Crippen MR) is 145 cm³/mol. The molecule has 0 amide bonds. The van der Waals surface area contributed by atoms with E-state index in [1.54, 1.807) is 18.2 Å². The third-order valence-corrected chi connectivity index (χ3v) is 7.30. The minimum absolute atomic E-state index is 0.00721. The van der Waals surface area contributed by atoms with Crippen molar-refractivity contribution in [3.63, 3.8) is 0 Å². The third-order valence-electron chi connectivity index (χ3n) is 6.00. The summed E-state index contributed by atoms with van der Waals surface area (Å²) in [4.78, 5) is 37.6. The van der Waals surface area contributed by atoms with Gasteiger partial charge in [0.15, 0.2) is 34.6 Å². The van der Waals surface area contributed by atoms with Gasteiger partial charge in [0.2, 0.25) is 10.8 Å². The van der Waals surface area contributed by atoms with E-state index in [0.717, 1.165) is 0 Å². The molecule has 0 saturated carbocycles. The van der Waals surface area contributed by atoms with Crippen molar-refractivity contribution in [2.45, 2.75) is 25.8 Å². The van der Waals surface area contributed by atoms with E-state index in [-0.39, 0.29) is 57.1 Å². The molecule has 1 aromatic carbocycles. The number of hydrogen-bond donors (Lipinski definition) is 6. The number of rotatable bonds is 8.